The lowest BCUT2D eigenvalue weighted by molar-refractivity contribution is -0.130. The Bertz CT molecular complexity index is 1120. The van der Waals surface area contributed by atoms with Crippen LogP contribution in [-0.4, -0.2) is 103 Å². The van der Waals surface area contributed by atoms with Crippen LogP contribution < -0.4 is 16.0 Å². The summed E-state index contributed by atoms with van der Waals surface area (Å²) in [6.07, 6.45) is 8.79. The number of ether oxygens (including phenoxy) is 1. The fraction of sp³-hybridized carbons (Fsp3) is 0.727. The van der Waals surface area contributed by atoms with Gasteiger partial charge in [0.15, 0.2) is 5.85 Å². The fourth-order valence-corrected chi connectivity index (χ4v) is 8.31. The first-order chi connectivity index (χ1) is 22.7. The van der Waals surface area contributed by atoms with Crippen LogP contribution in [-0.2, 0) is 34.4 Å². The smallest absolute Gasteiger partial charge is 0.361 e. The maximum Gasteiger partial charge on any atom is 0.361 e. The highest BCUT2D eigenvalue weighted by Gasteiger charge is 2.42. The summed E-state index contributed by atoms with van der Waals surface area (Å²) in [6, 6.07) is 6.15. The number of amides is 4. The molecule has 2 aliphatic rings. The van der Waals surface area contributed by atoms with Crippen LogP contribution in [0.5, 0.6) is 0 Å². The summed E-state index contributed by atoms with van der Waals surface area (Å²) in [5.74, 6) is -2.11. The highest BCUT2D eigenvalue weighted by molar-refractivity contribution is 7.98. The molecule has 2 fully saturated rings. The summed E-state index contributed by atoms with van der Waals surface area (Å²) >= 11 is 1.38. The van der Waals surface area contributed by atoms with Crippen LogP contribution in [0, 0.1) is 5.92 Å². The van der Waals surface area contributed by atoms with Gasteiger partial charge in [0.05, 0.1) is 32.5 Å². The number of aliphatic hydroxyl groups excluding tert-OH is 1. The van der Waals surface area contributed by atoms with Crippen molar-refractivity contribution in [3.05, 3.63) is 35.9 Å². The number of carbonyl (C=O) groups excluding carboxylic acids is 3. The second kappa shape index (κ2) is 21.0. The molecule has 1 aromatic carbocycles. The molecular formula is C33H55N4O8PS. The standard InChI is InChI=1S/C33H55N4O8PS/c1-4-18-44-46(42,45-19-5-2)32(40)28(23-26-14-10-7-11-15-26)34-31(39)29(24-47-3)35-30(38)27(22-25-12-8-6-9-13-25)36-33(41)37-16-20-43-21-17-37/h6,8-9,12-13,26-29,32,40H,4-5,7,10-11,14-24H2,1-3H3,(H,34,39)(H,35,38)(H,36,41)/t27-,28-,29-,32?/m0/s1. The predicted molar refractivity (Wildman–Crippen MR) is 184 cm³/mol. The van der Waals surface area contributed by atoms with Crippen molar-refractivity contribution < 1.29 is 37.8 Å². The Balaban J connectivity index is 1.80. The Morgan fingerprint density at radius 2 is 1.57 bits per heavy atom. The molecule has 1 aliphatic carbocycles. The van der Waals surface area contributed by atoms with E-state index in [1.807, 2.05) is 50.4 Å². The third-order valence-corrected chi connectivity index (χ3v) is 11.2. The number of aliphatic hydroxyl groups is 1. The zero-order valence-electron chi connectivity index (χ0n) is 28.2. The van der Waals surface area contributed by atoms with Gasteiger partial charge in [-0.25, -0.2) is 4.79 Å². The van der Waals surface area contributed by atoms with Gasteiger partial charge in [-0.15, -0.1) is 0 Å². The zero-order valence-corrected chi connectivity index (χ0v) is 29.9. The summed E-state index contributed by atoms with van der Waals surface area (Å²) < 4.78 is 30.6. The van der Waals surface area contributed by atoms with E-state index in [-0.39, 0.29) is 37.3 Å². The third-order valence-electron chi connectivity index (χ3n) is 8.44. The average molecular weight is 699 g/mol. The summed E-state index contributed by atoms with van der Waals surface area (Å²) in [4.78, 5) is 42.4. The topological polar surface area (TPSA) is 156 Å². The maximum absolute atomic E-state index is 13.9. The van der Waals surface area contributed by atoms with Crippen molar-refractivity contribution >= 4 is 37.2 Å². The molecule has 4 N–H and O–H groups in total. The Hall–Kier alpha value is -2.15. The van der Waals surface area contributed by atoms with Crippen molar-refractivity contribution in [2.45, 2.75) is 95.6 Å². The van der Waals surface area contributed by atoms with Crippen LogP contribution >= 0.6 is 19.4 Å². The van der Waals surface area contributed by atoms with Crippen LogP contribution in [0.15, 0.2) is 30.3 Å². The molecule has 1 unspecified atom stereocenters. The molecule has 1 saturated carbocycles. The first-order valence-corrected chi connectivity index (χ1v) is 20.0. The minimum atomic E-state index is -3.99. The molecule has 1 aliphatic heterocycles. The molecule has 1 aromatic rings. The van der Waals surface area contributed by atoms with Crippen LogP contribution in [0.2, 0.25) is 0 Å². The van der Waals surface area contributed by atoms with E-state index in [0.29, 0.717) is 45.6 Å². The van der Waals surface area contributed by atoms with Crippen LogP contribution in [0.3, 0.4) is 0 Å². The second-order valence-electron chi connectivity index (χ2n) is 12.3. The summed E-state index contributed by atoms with van der Waals surface area (Å²) in [7, 11) is -3.99. The van der Waals surface area contributed by atoms with E-state index in [1.54, 1.807) is 4.90 Å². The fourth-order valence-electron chi connectivity index (χ4n) is 5.86. The van der Waals surface area contributed by atoms with Crippen molar-refractivity contribution in [1.82, 2.24) is 20.9 Å². The van der Waals surface area contributed by atoms with E-state index in [2.05, 4.69) is 16.0 Å². The van der Waals surface area contributed by atoms with E-state index >= 15 is 0 Å². The van der Waals surface area contributed by atoms with Gasteiger partial charge in [0.2, 0.25) is 11.8 Å². The van der Waals surface area contributed by atoms with E-state index in [4.69, 9.17) is 13.8 Å². The van der Waals surface area contributed by atoms with Gasteiger partial charge >= 0.3 is 13.6 Å². The van der Waals surface area contributed by atoms with Gasteiger partial charge in [-0.05, 0) is 37.0 Å². The van der Waals surface area contributed by atoms with Gasteiger partial charge in [0, 0.05) is 25.3 Å². The number of hydrogen-bond donors (Lipinski definition) is 4. The van der Waals surface area contributed by atoms with Crippen LogP contribution in [0.1, 0.15) is 70.8 Å². The number of morpholine rings is 1. The van der Waals surface area contributed by atoms with Gasteiger partial charge < -0.3 is 39.7 Å². The van der Waals surface area contributed by atoms with Gasteiger partial charge in [0.25, 0.3) is 0 Å². The number of rotatable bonds is 19. The molecule has 0 aromatic heterocycles. The van der Waals surface area contributed by atoms with E-state index in [0.717, 1.165) is 37.7 Å². The van der Waals surface area contributed by atoms with Crippen LogP contribution in [0.4, 0.5) is 4.79 Å². The number of hydrogen-bond acceptors (Lipinski definition) is 9. The van der Waals surface area contributed by atoms with E-state index < -0.39 is 43.4 Å². The Morgan fingerprint density at radius 3 is 2.17 bits per heavy atom. The van der Waals surface area contributed by atoms with Crippen molar-refractivity contribution in [2.75, 3.05) is 51.5 Å². The van der Waals surface area contributed by atoms with Gasteiger partial charge in [0.1, 0.15) is 12.1 Å². The molecule has 47 heavy (non-hydrogen) atoms. The number of thioether (sulfide) groups is 1. The number of nitrogens with zero attached hydrogens (tertiary/aromatic N) is 1. The molecule has 12 nitrogen and oxygen atoms in total. The number of benzene rings is 1. The lowest BCUT2D eigenvalue weighted by atomic mass is 9.85. The molecule has 1 saturated heterocycles. The lowest BCUT2D eigenvalue weighted by Gasteiger charge is -2.34. The molecule has 3 rings (SSSR count). The predicted octanol–water partition coefficient (Wildman–Crippen LogP) is 4.31. The quantitative estimate of drug-likeness (QED) is 0.155. The minimum Gasteiger partial charge on any atom is -0.379 e. The van der Waals surface area contributed by atoms with Gasteiger partial charge in [-0.3, -0.25) is 14.2 Å². The molecular weight excluding hydrogens is 643 g/mol. The monoisotopic (exact) mass is 698 g/mol. The SMILES string of the molecule is CCCOP(=O)(OCCC)C(O)[C@H](CC1CCCCC1)NC(=O)[C@H](CSC)NC(=O)[C@H](Cc1ccccc1)NC(=O)N1CCOCC1. The molecule has 0 radical (unpaired) electrons. The van der Waals surface area contributed by atoms with Gasteiger partial charge in [-0.1, -0.05) is 76.3 Å². The highest BCUT2D eigenvalue weighted by Crippen LogP contribution is 2.54. The van der Waals surface area contributed by atoms with Crippen molar-refractivity contribution in [1.29, 1.82) is 0 Å². The Morgan fingerprint density at radius 1 is 0.957 bits per heavy atom. The molecule has 4 atom stereocenters. The summed E-state index contributed by atoms with van der Waals surface area (Å²) in [5.41, 5.74) is 0.853. The molecule has 266 valence electrons. The summed E-state index contributed by atoms with van der Waals surface area (Å²) in [6.45, 7) is 5.73. The van der Waals surface area contributed by atoms with Gasteiger partial charge in [-0.2, -0.15) is 11.8 Å². The number of nitrogens with one attached hydrogen (secondary N) is 3. The normalized spacial score (nSPS) is 18.5. The van der Waals surface area contributed by atoms with E-state index in [9.17, 15) is 24.1 Å². The highest BCUT2D eigenvalue weighted by atomic mass is 32.2. The Labute approximate surface area is 284 Å². The largest absolute Gasteiger partial charge is 0.379 e. The lowest BCUT2D eigenvalue weighted by Crippen LogP contribution is -2.59. The average Bonchev–Trinajstić information content (AvgIpc) is 3.09. The second-order valence-corrected chi connectivity index (χ2v) is 15.3. The third kappa shape index (κ3) is 13.0. The van der Waals surface area contributed by atoms with E-state index in [1.165, 1.54) is 11.8 Å². The number of carbonyl (C=O) groups is 3. The molecule has 4 amide bonds. The first kappa shape index (κ1) is 39.3. The molecule has 0 bridgehead atoms. The minimum absolute atomic E-state index is 0.145. The summed E-state index contributed by atoms with van der Waals surface area (Å²) in [5, 5.41) is 20.2. The van der Waals surface area contributed by atoms with Crippen LogP contribution in [0.25, 0.3) is 0 Å². The molecule has 14 heteroatoms. The number of urea groups is 1. The Kier molecular flexibility index (Phi) is 17.6. The van der Waals surface area contributed by atoms with Crippen molar-refractivity contribution in [3.63, 3.8) is 0 Å². The zero-order chi connectivity index (χ0) is 34.1. The molecule has 1 heterocycles. The van der Waals surface area contributed by atoms with Crippen molar-refractivity contribution in [2.24, 2.45) is 5.92 Å². The maximum atomic E-state index is 13.9. The first-order valence-electron chi connectivity index (χ1n) is 17.0. The van der Waals surface area contributed by atoms with Crippen molar-refractivity contribution in [3.8, 4) is 0 Å². The molecule has 0 spiro atoms.